The maximum atomic E-state index is 12.6. The SMILES string of the molecule is Cc1nn(-c2cccnc2)cc1N(C)C(=O)C(C)OC1CCOC1. The molecule has 1 amide bonds. The van der Waals surface area contributed by atoms with E-state index in [1.807, 2.05) is 25.3 Å². The molecule has 0 aromatic carbocycles. The molecule has 1 fully saturated rings. The van der Waals surface area contributed by atoms with E-state index in [0.29, 0.717) is 13.2 Å². The Morgan fingerprint density at radius 1 is 1.54 bits per heavy atom. The molecule has 0 aliphatic carbocycles. The fourth-order valence-corrected chi connectivity index (χ4v) is 2.76. The molecule has 2 atom stereocenters. The standard InChI is InChI=1S/C17H22N4O3/c1-12-16(10-21(19-12)14-5-4-7-18-9-14)20(3)17(22)13(2)24-15-6-8-23-11-15/h4-5,7,9-10,13,15H,6,8,11H2,1-3H3. The molecule has 3 rings (SSSR count). The molecule has 2 aromatic heterocycles. The van der Waals surface area contributed by atoms with E-state index >= 15 is 0 Å². The highest BCUT2D eigenvalue weighted by Gasteiger charge is 2.26. The summed E-state index contributed by atoms with van der Waals surface area (Å²) in [6.07, 6.45) is 5.57. The predicted molar refractivity (Wildman–Crippen MR) is 89.3 cm³/mol. The second-order valence-electron chi connectivity index (χ2n) is 5.92. The molecule has 1 saturated heterocycles. The number of rotatable bonds is 5. The van der Waals surface area contributed by atoms with Crippen molar-refractivity contribution in [1.82, 2.24) is 14.8 Å². The van der Waals surface area contributed by atoms with Crippen LogP contribution in [-0.4, -0.2) is 53.1 Å². The van der Waals surface area contributed by atoms with E-state index < -0.39 is 6.10 Å². The first-order chi connectivity index (χ1) is 11.6. The van der Waals surface area contributed by atoms with Crippen LogP contribution < -0.4 is 4.90 Å². The summed E-state index contributed by atoms with van der Waals surface area (Å²) in [6, 6.07) is 3.76. The maximum absolute atomic E-state index is 12.6. The predicted octanol–water partition coefficient (Wildman–Crippen LogP) is 1.73. The molecule has 2 aromatic rings. The van der Waals surface area contributed by atoms with Gasteiger partial charge in [-0.15, -0.1) is 0 Å². The van der Waals surface area contributed by atoms with Crippen LogP contribution >= 0.6 is 0 Å². The molecule has 0 radical (unpaired) electrons. The summed E-state index contributed by atoms with van der Waals surface area (Å²) in [5.74, 6) is -0.101. The number of likely N-dealkylation sites (N-methyl/N-ethyl adjacent to an activating group) is 1. The van der Waals surface area contributed by atoms with Crippen molar-refractivity contribution < 1.29 is 14.3 Å². The van der Waals surface area contributed by atoms with Gasteiger partial charge in [-0.1, -0.05) is 0 Å². The Morgan fingerprint density at radius 3 is 3.04 bits per heavy atom. The second-order valence-corrected chi connectivity index (χ2v) is 5.92. The van der Waals surface area contributed by atoms with Gasteiger partial charge in [0, 0.05) is 19.9 Å². The number of hydrogen-bond donors (Lipinski definition) is 0. The minimum absolute atomic E-state index is 0.00318. The van der Waals surface area contributed by atoms with Gasteiger partial charge in [0.15, 0.2) is 0 Å². The third-order valence-corrected chi connectivity index (χ3v) is 4.11. The topological polar surface area (TPSA) is 69.5 Å². The summed E-state index contributed by atoms with van der Waals surface area (Å²) in [7, 11) is 1.74. The van der Waals surface area contributed by atoms with Crippen molar-refractivity contribution in [2.75, 3.05) is 25.2 Å². The summed E-state index contributed by atoms with van der Waals surface area (Å²) in [5.41, 5.74) is 2.37. The van der Waals surface area contributed by atoms with Crippen LogP contribution in [-0.2, 0) is 14.3 Å². The number of hydrogen-bond acceptors (Lipinski definition) is 5. The van der Waals surface area contributed by atoms with Gasteiger partial charge in [-0.3, -0.25) is 9.78 Å². The molecule has 1 aliphatic rings. The lowest BCUT2D eigenvalue weighted by Crippen LogP contribution is -2.38. The van der Waals surface area contributed by atoms with Crippen molar-refractivity contribution >= 4 is 11.6 Å². The van der Waals surface area contributed by atoms with Crippen molar-refractivity contribution in [1.29, 1.82) is 0 Å². The molecule has 1 aliphatic heterocycles. The van der Waals surface area contributed by atoms with Gasteiger partial charge in [0.1, 0.15) is 6.10 Å². The van der Waals surface area contributed by atoms with Crippen LogP contribution in [0.2, 0.25) is 0 Å². The van der Waals surface area contributed by atoms with Crippen LogP contribution in [0.15, 0.2) is 30.7 Å². The number of aryl methyl sites for hydroxylation is 1. The highest BCUT2D eigenvalue weighted by Crippen LogP contribution is 2.21. The van der Waals surface area contributed by atoms with Crippen LogP contribution in [0.25, 0.3) is 5.69 Å². The Hall–Kier alpha value is -2.25. The molecule has 0 spiro atoms. The summed E-state index contributed by atoms with van der Waals surface area (Å²) >= 11 is 0. The van der Waals surface area contributed by atoms with Gasteiger partial charge in [-0.25, -0.2) is 4.68 Å². The first-order valence-corrected chi connectivity index (χ1v) is 8.03. The number of pyridine rings is 1. The highest BCUT2D eigenvalue weighted by molar-refractivity contribution is 5.96. The first-order valence-electron chi connectivity index (χ1n) is 8.03. The zero-order valence-electron chi connectivity index (χ0n) is 14.2. The Labute approximate surface area is 141 Å². The Kier molecular flexibility index (Phi) is 4.92. The second kappa shape index (κ2) is 7.11. The molecular weight excluding hydrogens is 308 g/mol. The van der Waals surface area contributed by atoms with Crippen LogP contribution in [0.3, 0.4) is 0 Å². The van der Waals surface area contributed by atoms with E-state index in [1.54, 1.807) is 35.9 Å². The van der Waals surface area contributed by atoms with Gasteiger partial charge < -0.3 is 14.4 Å². The minimum atomic E-state index is -0.525. The van der Waals surface area contributed by atoms with E-state index in [0.717, 1.165) is 23.5 Å². The van der Waals surface area contributed by atoms with Crippen molar-refractivity contribution in [2.45, 2.75) is 32.5 Å². The van der Waals surface area contributed by atoms with Gasteiger partial charge in [0.05, 0.1) is 42.2 Å². The van der Waals surface area contributed by atoms with Crippen molar-refractivity contribution in [3.05, 3.63) is 36.4 Å². The van der Waals surface area contributed by atoms with Crippen molar-refractivity contribution in [3.8, 4) is 5.69 Å². The number of amides is 1. The summed E-state index contributed by atoms with van der Waals surface area (Å²) in [6.45, 7) is 4.90. The molecule has 0 saturated carbocycles. The third-order valence-electron chi connectivity index (χ3n) is 4.11. The molecule has 24 heavy (non-hydrogen) atoms. The smallest absolute Gasteiger partial charge is 0.255 e. The van der Waals surface area contributed by atoms with Gasteiger partial charge in [-0.05, 0) is 32.4 Å². The van der Waals surface area contributed by atoms with Crippen molar-refractivity contribution in [2.24, 2.45) is 0 Å². The van der Waals surface area contributed by atoms with Crippen molar-refractivity contribution in [3.63, 3.8) is 0 Å². The highest BCUT2D eigenvalue weighted by atomic mass is 16.6. The number of carbonyl (C=O) groups excluding carboxylic acids is 1. The quantitative estimate of drug-likeness (QED) is 0.835. The van der Waals surface area contributed by atoms with E-state index in [-0.39, 0.29) is 12.0 Å². The fourth-order valence-electron chi connectivity index (χ4n) is 2.76. The van der Waals surface area contributed by atoms with E-state index in [4.69, 9.17) is 9.47 Å². The summed E-state index contributed by atoms with van der Waals surface area (Å²) in [4.78, 5) is 18.3. The normalized spacial score (nSPS) is 18.5. The van der Waals surface area contributed by atoms with Crippen LogP contribution in [0.1, 0.15) is 19.0 Å². The molecule has 0 N–H and O–H groups in total. The monoisotopic (exact) mass is 330 g/mol. The lowest BCUT2D eigenvalue weighted by atomic mass is 10.2. The lowest BCUT2D eigenvalue weighted by molar-refractivity contribution is -0.132. The van der Waals surface area contributed by atoms with Gasteiger partial charge in [0.2, 0.25) is 0 Å². The molecule has 2 unspecified atom stereocenters. The zero-order valence-corrected chi connectivity index (χ0v) is 14.2. The molecular formula is C17H22N4O3. The molecule has 7 heteroatoms. The molecule has 3 heterocycles. The Bertz CT molecular complexity index is 695. The summed E-state index contributed by atoms with van der Waals surface area (Å²) < 4.78 is 12.8. The first kappa shape index (κ1) is 16.6. The zero-order chi connectivity index (χ0) is 17.1. The number of aromatic nitrogens is 3. The number of nitrogens with zero attached hydrogens (tertiary/aromatic N) is 4. The number of carbonyl (C=O) groups is 1. The van der Waals surface area contributed by atoms with E-state index in [2.05, 4.69) is 10.1 Å². The average molecular weight is 330 g/mol. The third kappa shape index (κ3) is 3.47. The van der Waals surface area contributed by atoms with Gasteiger partial charge in [0.25, 0.3) is 5.91 Å². The number of anilines is 1. The maximum Gasteiger partial charge on any atom is 0.255 e. The lowest BCUT2D eigenvalue weighted by Gasteiger charge is -2.23. The fraction of sp³-hybridized carbons (Fsp3) is 0.471. The average Bonchev–Trinajstić information content (AvgIpc) is 3.24. The van der Waals surface area contributed by atoms with E-state index in [9.17, 15) is 4.79 Å². The van der Waals surface area contributed by atoms with Crippen LogP contribution in [0, 0.1) is 6.92 Å². The minimum Gasteiger partial charge on any atom is -0.379 e. The van der Waals surface area contributed by atoms with E-state index in [1.165, 1.54) is 0 Å². The Balaban J connectivity index is 1.73. The molecule has 0 bridgehead atoms. The summed E-state index contributed by atoms with van der Waals surface area (Å²) in [5, 5.41) is 4.47. The molecule has 128 valence electrons. The van der Waals surface area contributed by atoms with Crippen LogP contribution in [0.4, 0.5) is 5.69 Å². The van der Waals surface area contributed by atoms with Gasteiger partial charge in [-0.2, -0.15) is 5.10 Å². The molecule has 7 nitrogen and oxygen atoms in total. The Morgan fingerprint density at radius 2 is 2.38 bits per heavy atom. The van der Waals surface area contributed by atoms with Gasteiger partial charge >= 0.3 is 0 Å². The largest absolute Gasteiger partial charge is 0.379 e. The number of ether oxygens (including phenoxy) is 2. The van der Waals surface area contributed by atoms with Crippen LogP contribution in [0.5, 0.6) is 0 Å².